The van der Waals surface area contributed by atoms with E-state index in [2.05, 4.69) is 42.7 Å². The molecule has 2 amide bonds. The van der Waals surface area contributed by atoms with E-state index in [1.807, 2.05) is 19.1 Å². The average molecular weight is 298 g/mol. The maximum Gasteiger partial charge on any atom is 0.319 e. The standard InChI is InChI=1S/C18H22N2O2/c1-12-5-10-17(13(2)11-12)14(3)19-18(21)20-15-6-8-16(22-4)9-7-15/h5-11,14H,1-4H3,(H2,19,20,21). The molecule has 2 aromatic rings. The molecular formula is C18H22N2O2. The van der Waals surface area contributed by atoms with Gasteiger partial charge in [-0.3, -0.25) is 0 Å². The highest BCUT2D eigenvalue weighted by molar-refractivity contribution is 5.89. The Morgan fingerprint density at radius 3 is 2.36 bits per heavy atom. The van der Waals surface area contributed by atoms with E-state index in [0.29, 0.717) is 0 Å². The third-order valence-corrected chi connectivity index (χ3v) is 3.59. The van der Waals surface area contributed by atoms with Crippen molar-refractivity contribution in [3.05, 3.63) is 59.2 Å². The maximum absolute atomic E-state index is 12.1. The summed E-state index contributed by atoms with van der Waals surface area (Å²) in [5.41, 5.74) is 4.25. The third kappa shape index (κ3) is 4.01. The quantitative estimate of drug-likeness (QED) is 0.889. The van der Waals surface area contributed by atoms with Crippen molar-refractivity contribution in [2.75, 3.05) is 12.4 Å². The zero-order valence-electron chi connectivity index (χ0n) is 13.4. The summed E-state index contributed by atoms with van der Waals surface area (Å²) >= 11 is 0. The number of amides is 2. The van der Waals surface area contributed by atoms with Crippen LogP contribution in [0, 0.1) is 13.8 Å². The second kappa shape index (κ2) is 6.98. The molecule has 2 N–H and O–H groups in total. The van der Waals surface area contributed by atoms with Gasteiger partial charge in [0.1, 0.15) is 5.75 Å². The van der Waals surface area contributed by atoms with Crippen LogP contribution in [0.5, 0.6) is 5.75 Å². The molecule has 0 aliphatic carbocycles. The number of methoxy groups -OCH3 is 1. The number of anilines is 1. The molecule has 22 heavy (non-hydrogen) atoms. The Morgan fingerprint density at radius 1 is 1.09 bits per heavy atom. The van der Waals surface area contributed by atoms with Gasteiger partial charge in [-0.2, -0.15) is 0 Å². The summed E-state index contributed by atoms with van der Waals surface area (Å²) in [4.78, 5) is 12.1. The van der Waals surface area contributed by atoms with Crippen LogP contribution in [-0.2, 0) is 0 Å². The molecule has 2 aromatic carbocycles. The highest BCUT2D eigenvalue weighted by Crippen LogP contribution is 2.19. The molecule has 0 heterocycles. The number of benzene rings is 2. The first kappa shape index (κ1) is 15.9. The topological polar surface area (TPSA) is 50.4 Å². The predicted molar refractivity (Wildman–Crippen MR) is 89.5 cm³/mol. The minimum atomic E-state index is -0.224. The first-order valence-corrected chi connectivity index (χ1v) is 7.28. The molecule has 116 valence electrons. The van der Waals surface area contributed by atoms with Crippen LogP contribution < -0.4 is 15.4 Å². The summed E-state index contributed by atoms with van der Waals surface area (Å²) in [6.45, 7) is 6.10. The van der Waals surface area contributed by atoms with E-state index < -0.39 is 0 Å². The lowest BCUT2D eigenvalue weighted by molar-refractivity contribution is 0.249. The molecule has 2 rings (SSSR count). The lowest BCUT2D eigenvalue weighted by atomic mass is 10.0. The van der Waals surface area contributed by atoms with Gasteiger partial charge in [0.2, 0.25) is 0 Å². The Morgan fingerprint density at radius 2 is 1.77 bits per heavy atom. The first-order valence-electron chi connectivity index (χ1n) is 7.28. The Bertz CT molecular complexity index is 651. The van der Waals surface area contributed by atoms with Crippen LogP contribution in [-0.4, -0.2) is 13.1 Å². The van der Waals surface area contributed by atoms with Crippen LogP contribution in [0.4, 0.5) is 10.5 Å². The summed E-state index contributed by atoms with van der Waals surface area (Å²) in [6, 6.07) is 13.2. The number of urea groups is 1. The SMILES string of the molecule is COc1ccc(NC(=O)NC(C)c2ccc(C)cc2C)cc1. The molecule has 1 atom stereocenters. The van der Waals surface area contributed by atoms with E-state index in [4.69, 9.17) is 4.74 Å². The smallest absolute Gasteiger partial charge is 0.319 e. The fourth-order valence-electron chi connectivity index (χ4n) is 2.43. The molecule has 0 radical (unpaired) electrons. The van der Waals surface area contributed by atoms with Crippen molar-refractivity contribution >= 4 is 11.7 Å². The molecule has 0 aliphatic rings. The molecule has 0 saturated heterocycles. The summed E-state index contributed by atoms with van der Waals surface area (Å²) < 4.78 is 5.09. The Balaban J connectivity index is 1.98. The van der Waals surface area contributed by atoms with Crippen molar-refractivity contribution in [3.63, 3.8) is 0 Å². The van der Waals surface area contributed by atoms with Crippen LogP contribution in [0.2, 0.25) is 0 Å². The molecular weight excluding hydrogens is 276 g/mol. The van der Waals surface area contributed by atoms with Gasteiger partial charge in [0.05, 0.1) is 13.2 Å². The number of carbonyl (C=O) groups is 1. The van der Waals surface area contributed by atoms with Crippen molar-refractivity contribution in [1.82, 2.24) is 5.32 Å². The number of carbonyl (C=O) groups excluding carboxylic acids is 1. The van der Waals surface area contributed by atoms with Gasteiger partial charge in [-0.15, -0.1) is 0 Å². The van der Waals surface area contributed by atoms with Crippen LogP contribution in [0.15, 0.2) is 42.5 Å². The summed E-state index contributed by atoms with van der Waals surface area (Å²) in [5.74, 6) is 0.759. The van der Waals surface area contributed by atoms with Gasteiger partial charge in [-0.25, -0.2) is 4.79 Å². The van der Waals surface area contributed by atoms with Crippen molar-refractivity contribution in [2.45, 2.75) is 26.8 Å². The minimum absolute atomic E-state index is 0.0566. The maximum atomic E-state index is 12.1. The zero-order valence-corrected chi connectivity index (χ0v) is 13.4. The van der Waals surface area contributed by atoms with E-state index in [1.165, 1.54) is 11.1 Å². The summed E-state index contributed by atoms with van der Waals surface area (Å²) in [6.07, 6.45) is 0. The lowest BCUT2D eigenvalue weighted by Crippen LogP contribution is -2.31. The van der Waals surface area contributed by atoms with Crippen molar-refractivity contribution in [2.24, 2.45) is 0 Å². The molecule has 4 heteroatoms. The predicted octanol–water partition coefficient (Wildman–Crippen LogP) is 4.19. The molecule has 0 bridgehead atoms. The molecule has 0 fully saturated rings. The van der Waals surface area contributed by atoms with Gasteiger partial charge >= 0.3 is 6.03 Å². The van der Waals surface area contributed by atoms with E-state index in [9.17, 15) is 4.79 Å². The van der Waals surface area contributed by atoms with Gasteiger partial charge in [0, 0.05) is 5.69 Å². The van der Waals surface area contributed by atoms with Crippen molar-refractivity contribution in [1.29, 1.82) is 0 Å². The molecule has 0 aliphatic heterocycles. The van der Waals surface area contributed by atoms with Gasteiger partial charge in [0.15, 0.2) is 0 Å². The minimum Gasteiger partial charge on any atom is -0.497 e. The van der Waals surface area contributed by atoms with Crippen LogP contribution >= 0.6 is 0 Å². The molecule has 0 saturated carbocycles. The Kier molecular flexibility index (Phi) is 5.04. The van der Waals surface area contributed by atoms with E-state index in [0.717, 1.165) is 17.0 Å². The second-order valence-electron chi connectivity index (χ2n) is 5.41. The van der Waals surface area contributed by atoms with E-state index in [1.54, 1.807) is 19.2 Å². The third-order valence-electron chi connectivity index (χ3n) is 3.59. The number of nitrogens with one attached hydrogen (secondary N) is 2. The summed E-state index contributed by atoms with van der Waals surface area (Å²) in [5, 5.41) is 5.77. The number of hydrogen-bond acceptors (Lipinski definition) is 2. The Labute approximate surface area is 131 Å². The lowest BCUT2D eigenvalue weighted by Gasteiger charge is -2.17. The largest absolute Gasteiger partial charge is 0.497 e. The summed E-state index contributed by atoms with van der Waals surface area (Å²) in [7, 11) is 1.61. The number of hydrogen-bond donors (Lipinski definition) is 2. The van der Waals surface area contributed by atoms with Crippen molar-refractivity contribution < 1.29 is 9.53 Å². The number of ether oxygens (including phenoxy) is 1. The highest BCUT2D eigenvalue weighted by Gasteiger charge is 2.11. The van der Waals surface area contributed by atoms with Crippen molar-refractivity contribution in [3.8, 4) is 5.75 Å². The Hall–Kier alpha value is -2.49. The first-order chi connectivity index (χ1) is 10.5. The molecule has 0 aromatic heterocycles. The second-order valence-corrected chi connectivity index (χ2v) is 5.41. The fraction of sp³-hybridized carbons (Fsp3) is 0.278. The van der Waals surface area contributed by atoms with Crippen LogP contribution in [0.3, 0.4) is 0 Å². The average Bonchev–Trinajstić information content (AvgIpc) is 2.47. The molecule has 0 spiro atoms. The number of aryl methyl sites for hydroxylation is 2. The fourth-order valence-corrected chi connectivity index (χ4v) is 2.43. The molecule has 1 unspecified atom stereocenters. The number of rotatable bonds is 4. The monoisotopic (exact) mass is 298 g/mol. The van der Waals surface area contributed by atoms with Gasteiger partial charge in [-0.05, 0) is 56.2 Å². The molecule has 4 nitrogen and oxygen atoms in total. The van der Waals surface area contributed by atoms with Gasteiger partial charge in [0.25, 0.3) is 0 Å². The normalized spacial score (nSPS) is 11.6. The van der Waals surface area contributed by atoms with Gasteiger partial charge in [-0.1, -0.05) is 23.8 Å². The zero-order chi connectivity index (χ0) is 16.1. The van der Waals surface area contributed by atoms with Crippen LogP contribution in [0.25, 0.3) is 0 Å². The highest BCUT2D eigenvalue weighted by atomic mass is 16.5. The van der Waals surface area contributed by atoms with E-state index in [-0.39, 0.29) is 12.1 Å². The van der Waals surface area contributed by atoms with E-state index >= 15 is 0 Å². The van der Waals surface area contributed by atoms with Gasteiger partial charge < -0.3 is 15.4 Å². The van der Waals surface area contributed by atoms with Crippen LogP contribution in [0.1, 0.15) is 29.7 Å².